The maximum absolute atomic E-state index is 13.3. The molecular weight excluding hydrogens is 454 g/mol. The Bertz CT molecular complexity index is 1230. The zero-order chi connectivity index (χ0) is 26.1. The first kappa shape index (κ1) is 25.8. The average Bonchev–Trinajstić information content (AvgIpc) is 3.00. The number of benzene rings is 1. The number of hydrogen-bond acceptors (Lipinski definition) is 6. The molecule has 0 fully saturated rings. The number of hydrogen-bond donors (Lipinski definition) is 3. The van der Waals surface area contributed by atoms with Crippen molar-refractivity contribution in [2.75, 3.05) is 6.61 Å². The van der Waals surface area contributed by atoms with Crippen LogP contribution in [0.15, 0.2) is 48.2 Å². The molecule has 0 spiro atoms. The molecule has 3 atom stereocenters. The number of fused-ring (bicyclic) bond motifs is 1. The van der Waals surface area contributed by atoms with E-state index in [4.69, 9.17) is 14.7 Å². The summed E-state index contributed by atoms with van der Waals surface area (Å²) >= 11 is 0. The molecule has 2 aromatic rings. The molecule has 36 heavy (non-hydrogen) atoms. The van der Waals surface area contributed by atoms with E-state index in [-0.39, 0.29) is 12.5 Å². The maximum atomic E-state index is 13.3. The first-order valence-corrected chi connectivity index (χ1v) is 12.3. The Morgan fingerprint density at radius 3 is 2.39 bits per heavy atom. The molecule has 0 saturated carbocycles. The van der Waals surface area contributed by atoms with E-state index >= 15 is 0 Å². The number of aliphatic hydroxyl groups is 2. The van der Waals surface area contributed by atoms with Gasteiger partial charge in [0, 0.05) is 12.0 Å². The van der Waals surface area contributed by atoms with Crippen LogP contribution in [-0.2, 0) is 16.0 Å². The number of rotatable bonds is 6. The summed E-state index contributed by atoms with van der Waals surface area (Å²) in [6.07, 6.45) is 7.57. The summed E-state index contributed by atoms with van der Waals surface area (Å²) < 4.78 is 5.99. The molecule has 3 unspecified atom stereocenters. The minimum absolute atomic E-state index is 0.158. The van der Waals surface area contributed by atoms with Crippen molar-refractivity contribution in [2.45, 2.75) is 65.2 Å². The number of allylic oxidation sites excluding steroid dienone is 1. The first-order valence-electron chi connectivity index (χ1n) is 12.3. The second kappa shape index (κ2) is 9.99. The molecule has 1 aliphatic carbocycles. The lowest BCUT2D eigenvalue weighted by Crippen LogP contribution is -2.45. The van der Waals surface area contributed by atoms with Crippen LogP contribution in [-0.4, -0.2) is 50.4 Å². The Kier molecular flexibility index (Phi) is 7.16. The minimum Gasteiger partial charge on any atom is -0.489 e. The van der Waals surface area contributed by atoms with Crippen LogP contribution >= 0.6 is 0 Å². The van der Waals surface area contributed by atoms with E-state index in [1.165, 1.54) is 0 Å². The van der Waals surface area contributed by atoms with E-state index in [2.05, 4.69) is 5.32 Å². The molecular formula is C29H35N3O4. The molecule has 0 saturated heterocycles. The summed E-state index contributed by atoms with van der Waals surface area (Å²) in [4.78, 5) is 22.9. The number of ether oxygens (including phenoxy) is 1. The fourth-order valence-corrected chi connectivity index (χ4v) is 4.56. The number of amides is 1. The van der Waals surface area contributed by atoms with Crippen molar-refractivity contribution >= 4 is 23.6 Å². The van der Waals surface area contributed by atoms with Crippen molar-refractivity contribution in [2.24, 2.45) is 5.41 Å². The van der Waals surface area contributed by atoms with E-state index in [0.29, 0.717) is 29.9 Å². The summed E-state index contributed by atoms with van der Waals surface area (Å²) in [5.74, 6) is 0.521. The maximum Gasteiger partial charge on any atom is 0.233 e. The van der Waals surface area contributed by atoms with Gasteiger partial charge in [-0.05, 0) is 58.8 Å². The number of nitrogens with one attached hydrogen (secondary N) is 1. The number of aromatic nitrogens is 2. The molecule has 3 N–H and O–H groups in total. The molecule has 4 rings (SSSR count). The molecule has 0 radical (unpaired) electrons. The third kappa shape index (κ3) is 5.27. The van der Waals surface area contributed by atoms with Gasteiger partial charge in [0.15, 0.2) is 0 Å². The number of aliphatic hydroxyl groups excluding tert-OH is 2. The van der Waals surface area contributed by atoms with Crippen LogP contribution in [0.5, 0.6) is 0 Å². The van der Waals surface area contributed by atoms with Crippen LogP contribution < -0.4 is 5.32 Å². The first-order chi connectivity index (χ1) is 17.0. The van der Waals surface area contributed by atoms with Gasteiger partial charge in [0.25, 0.3) is 0 Å². The Labute approximate surface area is 212 Å². The Morgan fingerprint density at radius 1 is 1.11 bits per heavy atom. The quantitative estimate of drug-likeness (QED) is 0.570. The van der Waals surface area contributed by atoms with Gasteiger partial charge in [0.1, 0.15) is 5.60 Å². The molecule has 1 aromatic carbocycles. The molecule has 7 heteroatoms. The van der Waals surface area contributed by atoms with Crippen LogP contribution in [0.4, 0.5) is 0 Å². The number of nitrogens with zero attached hydrogens (tertiary/aromatic N) is 2. The lowest BCUT2D eigenvalue weighted by Gasteiger charge is -2.37. The summed E-state index contributed by atoms with van der Waals surface area (Å²) in [7, 11) is 0. The second-order valence-electron chi connectivity index (χ2n) is 10.4. The summed E-state index contributed by atoms with van der Waals surface area (Å²) in [5.41, 5.74) is 3.01. The fraction of sp³-hybridized carbons (Fsp3) is 0.414. The van der Waals surface area contributed by atoms with E-state index in [1.807, 2.05) is 89.3 Å². The largest absolute Gasteiger partial charge is 0.489 e. The third-order valence-electron chi connectivity index (χ3n) is 7.00. The van der Waals surface area contributed by atoms with E-state index in [0.717, 1.165) is 22.6 Å². The zero-order valence-electron chi connectivity index (χ0n) is 21.6. The smallest absolute Gasteiger partial charge is 0.233 e. The third-order valence-corrected chi connectivity index (χ3v) is 7.00. The summed E-state index contributed by atoms with van der Waals surface area (Å²) in [5, 5.41) is 23.4. The molecule has 1 aromatic heterocycles. The molecule has 7 nitrogen and oxygen atoms in total. The summed E-state index contributed by atoms with van der Waals surface area (Å²) in [6, 6.07) is 9.37. The molecule has 190 valence electrons. The van der Waals surface area contributed by atoms with Gasteiger partial charge < -0.3 is 20.3 Å². The van der Waals surface area contributed by atoms with E-state index in [1.54, 1.807) is 0 Å². The summed E-state index contributed by atoms with van der Waals surface area (Å²) in [6.45, 7) is 9.18. The van der Waals surface area contributed by atoms with Crippen molar-refractivity contribution in [1.82, 2.24) is 15.3 Å². The molecule has 2 aliphatic rings. The highest BCUT2D eigenvalue weighted by atomic mass is 16.5. The normalized spacial score (nSPS) is 23.5. The highest BCUT2D eigenvalue weighted by Crippen LogP contribution is 2.37. The van der Waals surface area contributed by atoms with Crippen LogP contribution in [0.3, 0.4) is 0 Å². The molecule has 1 aliphatic heterocycles. The number of carbonyl (C=O) groups excluding carboxylic acids is 1. The van der Waals surface area contributed by atoms with Crippen molar-refractivity contribution in [3.63, 3.8) is 0 Å². The van der Waals surface area contributed by atoms with E-state index < -0.39 is 23.2 Å². The fourth-order valence-electron chi connectivity index (χ4n) is 4.56. The Morgan fingerprint density at radius 2 is 1.75 bits per heavy atom. The van der Waals surface area contributed by atoms with Gasteiger partial charge in [-0.2, -0.15) is 0 Å². The molecule has 0 bridgehead atoms. The Hall–Kier alpha value is -3.29. The Balaban J connectivity index is 1.58. The van der Waals surface area contributed by atoms with Crippen molar-refractivity contribution in [1.29, 1.82) is 0 Å². The lowest BCUT2D eigenvalue weighted by molar-refractivity contribution is -0.126. The van der Waals surface area contributed by atoms with Crippen molar-refractivity contribution in [3.05, 3.63) is 76.6 Å². The molecule has 1 amide bonds. The minimum atomic E-state index is -0.941. The predicted molar refractivity (Wildman–Crippen MR) is 140 cm³/mol. The van der Waals surface area contributed by atoms with Gasteiger partial charge in [-0.25, -0.2) is 9.97 Å². The van der Waals surface area contributed by atoms with Crippen LogP contribution in [0.2, 0.25) is 0 Å². The van der Waals surface area contributed by atoms with Gasteiger partial charge in [0.05, 0.1) is 52.7 Å². The highest BCUT2D eigenvalue weighted by Gasteiger charge is 2.37. The number of aryl methyl sites for hydroxylation is 1. The predicted octanol–water partition coefficient (Wildman–Crippen LogP) is 3.84. The monoisotopic (exact) mass is 489 g/mol. The standard InChI is InChI=1S/C29H35N3O4/c1-18-26(22-16-25(34)28(3,4)36-19(22)2)32-24-12-14-29(5,13-11-23(24)30-18)27(35)31-21(17-33)15-20-9-7-6-8-10-20/h6-14,21,25,33-34H,15-17H2,1-5H3,(H,31,35). The highest BCUT2D eigenvalue weighted by molar-refractivity contribution is 5.89. The van der Waals surface area contributed by atoms with Crippen LogP contribution in [0.25, 0.3) is 17.7 Å². The van der Waals surface area contributed by atoms with Gasteiger partial charge in [-0.3, -0.25) is 4.79 Å². The number of carbonyl (C=O) groups is 1. The van der Waals surface area contributed by atoms with Crippen LogP contribution in [0.1, 0.15) is 62.5 Å². The second-order valence-corrected chi connectivity index (χ2v) is 10.4. The molecule has 2 heterocycles. The SMILES string of the molecule is CC1=C(c2nc3c(nc2C)C=CC(C)(C(=O)NC(CO)Cc2ccccc2)C=C3)CC(O)C(C)(C)O1. The average molecular weight is 490 g/mol. The van der Waals surface area contributed by atoms with Crippen molar-refractivity contribution in [3.8, 4) is 0 Å². The van der Waals surface area contributed by atoms with Gasteiger partial charge in [-0.15, -0.1) is 0 Å². The topological polar surface area (TPSA) is 105 Å². The van der Waals surface area contributed by atoms with Crippen LogP contribution in [0, 0.1) is 12.3 Å². The van der Waals surface area contributed by atoms with Gasteiger partial charge in [-0.1, -0.05) is 42.5 Å². The van der Waals surface area contributed by atoms with Gasteiger partial charge in [0.2, 0.25) is 5.91 Å². The zero-order valence-corrected chi connectivity index (χ0v) is 21.6. The lowest BCUT2D eigenvalue weighted by atomic mass is 9.88. The van der Waals surface area contributed by atoms with Gasteiger partial charge >= 0.3 is 0 Å². The van der Waals surface area contributed by atoms with E-state index in [9.17, 15) is 15.0 Å². The van der Waals surface area contributed by atoms with Crippen molar-refractivity contribution < 1.29 is 19.7 Å².